The number of likely N-dealkylation sites (N-methyl/N-ethyl adjacent to an activating group) is 1. The molecule has 1 aromatic carbocycles. The summed E-state index contributed by atoms with van der Waals surface area (Å²) in [5.41, 5.74) is 1.03. The first-order chi connectivity index (χ1) is 10.4. The van der Waals surface area contributed by atoms with E-state index in [1.165, 1.54) is 0 Å². The minimum absolute atomic E-state index is 0.106. The molecule has 0 aliphatic rings. The Bertz CT molecular complexity index is 494. The molecule has 0 fully saturated rings. The molecule has 0 heterocycles. The smallest absolute Gasteiger partial charge is 0.255 e. The van der Waals surface area contributed by atoms with Gasteiger partial charge >= 0.3 is 0 Å². The summed E-state index contributed by atoms with van der Waals surface area (Å²) in [6.45, 7) is 13.8. The van der Waals surface area contributed by atoms with Crippen LogP contribution in [0.25, 0.3) is 0 Å². The van der Waals surface area contributed by atoms with Crippen LogP contribution >= 0.6 is 0 Å². The predicted octanol–water partition coefficient (Wildman–Crippen LogP) is 3.15. The van der Waals surface area contributed by atoms with Crippen LogP contribution in [0.2, 0.25) is 0 Å². The third kappa shape index (κ3) is 4.47. The van der Waals surface area contributed by atoms with Crippen LogP contribution < -0.4 is 5.32 Å². The number of nitrogens with one attached hydrogen (secondary N) is 1. The topological polar surface area (TPSA) is 52.6 Å². The van der Waals surface area contributed by atoms with E-state index in [0.717, 1.165) is 31.6 Å². The first-order valence-corrected chi connectivity index (χ1v) is 8.20. The van der Waals surface area contributed by atoms with Crippen LogP contribution in [-0.4, -0.2) is 42.1 Å². The molecule has 1 aromatic rings. The molecule has 1 amide bonds. The standard InChI is InChI=1S/C18H30N2O2/c1-6-18(4,5)15-11-9-10-14(16(15)21)17(22)19-12-13-20(7-2)8-3/h9-11,21H,6-8,12-13H2,1-5H3,(H,19,22). The molecule has 0 atom stereocenters. The Morgan fingerprint density at radius 1 is 1.23 bits per heavy atom. The Balaban J connectivity index is 2.80. The summed E-state index contributed by atoms with van der Waals surface area (Å²) in [6, 6.07) is 5.41. The largest absolute Gasteiger partial charge is 0.507 e. The van der Waals surface area contributed by atoms with Gasteiger partial charge in [-0.15, -0.1) is 0 Å². The normalized spacial score (nSPS) is 11.7. The Morgan fingerprint density at radius 2 is 1.86 bits per heavy atom. The van der Waals surface area contributed by atoms with Crippen molar-refractivity contribution in [1.82, 2.24) is 10.2 Å². The number of hydrogen-bond acceptors (Lipinski definition) is 3. The van der Waals surface area contributed by atoms with Gasteiger partial charge in [-0.2, -0.15) is 0 Å². The number of carbonyl (C=O) groups excluding carboxylic acids is 1. The van der Waals surface area contributed by atoms with Gasteiger partial charge in [-0.05, 0) is 31.0 Å². The van der Waals surface area contributed by atoms with Crippen LogP contribution in [0, 0.1) is 0 Å². The van der Waals surface area contributed by atoms with Crippen molar-refractivity contribution < 1.29 is 9.90 Å². The monoisotopic (exact) mass is 306 g/mol. The third-order valence-electron chi connectivity index (χ3n) is 4.50. The summed E-state index contributed by atoms with van der Waals surface area (Å²) in [7, 11) is 0. The minimum Gasteiger partial charge on any atom is -0.507 e. The van der Waals surface area contributed by atoms with Gasteiger partial charge in [0, 0.05) is 18.7 Å². The maximum Gasteiger partial charge on any atom is 0.255 e. The van der Waals surface area contributed by atoms with Crippen molar-refractivity contribution in [2.45, 2.75) is 46.5 Å². The van der Waals surface area contributed by atoms with Crippen LogP contribution in [0.3, 0.4) is 0 Å². The third-order valence-corrected chi connectivity index (χ3v) is 4.50. The van der Waals surface area contributed by atoms with Crippen molar-refractivity contribution in [3.8, 4) is 5.75 Å². The summed E-state index contributed by atoms with van der Waals surface area (Å²) in [4.78, 5) is 14.5. The van der Waals surface area contributed by atoms with E-state index in [2.05, 4.69) is 44.8 Å². The van der Waals surface area contributed by atoms with Crippen molar-refractivity contribution in [2.24, 2.45) is 0 Å². The van der Waals surface area contributed by atoms with Crippen LogP contribution in [0.1, 0.15) is 57.0 Å². The number of nitrogens with zero attached hydrogens (tertiary/aromatic N) is 1. The molecule has 0 bridgehead atoms. The van der Waals surface area contributed by atoms with Crippen molar-refractivity contribution >= 4 is 5.91 Å². The number of aromatic hydroxyl groups is 1. The Labute approximate surface area is 134 Å². The molecule has 1 rings (SSSR count). The molecule has 0 saturated heterocycles. The molecule has 0 aliphatic carbocycles. The Kier molecular flexibility index (Phi) is 6.88. The highest BCUT2D eigenvalue weighted by molar-refractivity contribution is 5.97. The molecule has 4 heteroatoms. The molecule has 0 unspecified atom stereocenters. The van der Waals surface area contributed by atoms with Crippen molar-refractivity contribution in [2.75, 3.05) is 26.2 Å². The van der Waals surface area contributed by atoms with Gasteiger partial charge in [0.1, 0.15) is 5.75 Å². The fourth-order valence-electron chi connectivity index (χ4n) is 2.43. The number of para-hydroxylation sites is 1. The van der Waals surface area contributed by atoms with Gasteiger partial charge in [0.05, 0.1) is 5.56 Å². The lowest BCUT2D eigenvalue weighted by Gasteiger charge is -2.25. The summed E-state index contributed by atoms with van der Waals surface area (Å²) < 4.78 is 0. The molecule has 22 heavy (non-hydrogen) atoms. The summed E-state index contributed by atoms with van der Waals surface area (Å²) in [6.07, 6.45) is 0.896. The maximum absolute atomic E-state index is 12.3. The second-order valence-corrected chi connectivity index (χ2v) is 6.22. The van der Waals surface area contributed by atoms with Crippen molar-refractivity contribution in [1.29, 1.82) is 0 Å². The van der Waals surface area contributed by atoms with E-state index in [-0.39, 0.29) is 17.1 Å². The number of rotatable bonds is 8. The van der Waals surface area contributed by atoms with Gasteiger partial charge in [-0.25, -0.2) is 0 Å². The number of phenolic OH excluding ortho intramolecular Hbond substituents is 1. The SMILES string of the molecule is CCN(CC)CCNC(=O)c1cccc(C(C)(C)CC)c1O. The molecule has 0 spiro atoms. The van der Waals surface area contributed by atoms with Crippen molar-refractivity contribution in [3.05, 3.63) is 29.3 Å². The first-order valence-electron chi connectivity index (χ1n) is 8.20. The van der Waals surface area contributed by atoms with E-state index >= 15 is 0 Å². The van der Waals surface area contributed by atoms with E-state index in [1.54, 1.807) is 6.07 Å². The van der Waals surface area contributed by atoms with Gasteiger partial charge in [-0.1, -0.05) is 46.8 Å². The fourth-order valence-corrected chi connectivity index (χ4v) is 2.43. The van der Waals surface area contributed by atoms with E-state index < -0.39 is 0 Å². The molecule has 0 radical (unpaired) electrons. The molecule has 0 aliphatic heterocycles. The van der Waals surface area contributed by atoms with Crippen LogP contribution in [0.5, 0.6) is 5.75 Å². The highest BCUT2D eigenvalue weighted by Gasteiger charge is 2.24. The van der Waals surface area contributed by atoms with E-state index in [4.69, 9.17) is 0 Å². The van der Waals surface area contributed by atoms with Gasteiger partial charge in [0.15, 0.2) is 0 Å². The second kappa shape index (κ2) is 8.18. The number of carbonyl (C=O) groups is 1. The quantitative estimate of drug-likeness (QED) is 0.776. The predicted molar refractivity (Wildman–Crippen MR) is 91.5 cm³/mol. The molecule has 124 valence electrons. The Hall–Kier alpha value is -1.55. The van der Waals surface area contributed by atoms with Crippen molar-refractivity contribution in [3.63, 3.8) is 0 Å². The van der Waals surface area contributed by atoms with Gasteiger partial charge < -0.3 is 15.3 Å². The molecular formula is C18H30N2O2. The highest BCUT2D eigenvalue weighted by Crippen LogP contribution is 2.35. The summed E-state index contributed by atoms with van der Waals surface area (Å²) in [5, 5.41) is 13.4. The number of hydrogen-bond donors (Lipinski definition) is 2. The average molecular weight is 306 g/mol. The molecular weight excluding hydrogens is 276 g/mol. The zero-order valence-electron chi connectivity index (χ0n) is 14.6. The average Bonchev–Trinajstić information content (AvgIpc) is 2.51. The van der Waals surface area contributed by atoms with Crippen LogP contribution in [0.4, 0.5) is 0 Å². The fraction of sp³-hybridized carbons (Fsp3) is 0.611. The van der Waals surface area contributed by atoms with Crippen LogP contribution in [-0.2, 0) is 5.41 Å². The number of benzene rings is 1. The minimum atomic E-state index is -0.210. The van der Waals surface area contributed by atoms with Crippen LogP contribution in [0.15, 0.2) is 18.2 Å². The summed E-state index contributed by atoms with van der Waals surface area (Å²) >= 11 is 0. The first kappa shape index (κ1) is 18.5. The van der Waals surface area contributed by atoms with Gasteiger partial charge in [0.2, 0.25) is 0 Å². The van der Waals surface area contributed by atoms with E-state index in [1.807, 2.05) is 12.1 Å². The lowest BCUT2D eigenvalue weighted by Crippen LogP contribution is -2.35. The lowest BCUT2D eigenvalue weighted by molar-refractivity contribution is 0.0946. The van der Waals surface area contributed by atoms with E-state index in [9.17, 15) is 9.90 Å². The number of amides is 1. The summed E-state index contributed by atoms with van der Waals surface area (Å²) in [5.74, 6) is -0.104. The zero-order valence-corrected chi connectivity index (χ0v) is 14.6. The molecule has 0 saturated carbocycles. The molecule has 4 nitrogen and oxygen atoms in total. The lowest BCUT2D eigenvalue weighted by atomic mass is 9.81. The molecule has 0 aromatic heterocycles. The van der Waals surface area contributed by atoms with E-state index in [0.29, 0.717) is 12.1 Å². The second-order valence-electron chi connectivity index (χ2n) is 6.22. The Morgan fingerprint density at radius 3 is 2.41 bits per heavy atom. The molecule has 2 N–H and O–H groups in total. The highest BCUT2D eigenvalue weighted by atomic mass is 16.3. The van der Waals surface area contributed by atoms with Gasteiger partial charge in [0.25, 0.3) is 5.91 Å². The zero-order chi connectivity index (χ0) is 16.8. The van der Waals surface area contributed by atoms with Gasteiger partial charge in [-0.3, -0.25) is 4.79 Å². The number of phenols is 1. The maximum atomic E-state index is 12.3.